The van der Waals surface area contributed by atoms with Gasteiger partial charge in [0.05, 0.1) is 0 Å². The summed E-state index contributed by atoms with van der Waals surface area (Å²) < 4.78 is 0. The van der Waals surface area contributed by atoms with Gasteiger partial charge in [-0.15, -0.1) is 0 Å². The highest BCUT2D eigenvalue weighted by Crippen LogP contribution is 2.26. The molecular weight excluding hydrogens is 222 g/mol. The van der Waals surface area contributed by atoms with Crippen LogP contribution in [0.3, 0.4) is 0 Å². The number of fused-ring (bicyclic) bond motifs is 1. The molecule has 0 fully saturated rings. The Kier molecular flexibility index (Phi) is 5.53. The number of hydrogen-bond donors (Lipinski definition) is 1. The summed E-state index contributed by atoms with van der Waals surface area (Å²) in [5.74, 6) is 0. The smallest absolute Gasteiger partial charge is 0.0431 e. The van der Waals surface area contributed by atoms with Crippen LogP contribution in [0, 0.1) is 0 Å². The molecule has 0 aliphatic carbocycles. The Balaban J connectivity index is 1.88. The molecule has 1 heterocycles. The third-order valence-corrected chi connectivity index (χ3v) is 3.79. The molecule has 0 bridgehead atoms. The Hall–Kier alpha value is -1.02. The summed E-state index contributed by atoms with van der Waals surface area (Å²) in [6, 6.07) is 8.86. The van der Waals surface area contributed by atoms with Crippen molar-refractivity contribution in [3.63, 3.8) is 0 Å². The number of rotatable bonds is 6. The number of aliphatic hydroxyl groups is 1. The summed E-state index contributed by atoms with van der Waals surface area (Å²) in [5, 5.41) is 8.77. The Bertz CT molecular complexity index is 351. The molecule has 0 radical (unpaired) electrons. The average Bonchev–Trinajstić information content (AvgIpc) is 2.61. The van der Waals surface area contributed by atoms with E-state index in [2.05, 4.69) is 29.2 Å². The SMILES string of the molecule is OCCCCCCN1CCCCc2ccccc21. The van der Waals surface area contributed by atoms with Crippen LogP contribution in [-0.4, -0.2) is 24.8 Å². The monoisotopic (exact) mass is 247 g/mol. The molecule has 0 saturated heterocycles. The lowest BCUT2D eigenvalue weighted by Gasteiger charge is -2.24. The van der Waals surface area contributed by atoms with Crippen molar-refractivity contribution < 1.29 is 5.11 Å². The van der Waals surface area contributed by atoms with E-state index in [4.69, 9.17) is 5.11 Å². The van der Waals surface area contributed by atoms with E-state index in [0.717, 1.165) is 12.8 Å². The summed E-state index contributed by atoms with van der Waals surface area (Å²) in [5.41, 5.74) is 2.97. The van der Waals surface area contributed by atoms with Gasteiger partial charge in [-0.05, 0) is 43.7 Å². The molecule has 1 aromatic rings. The molecule has 0 aromatic heterocycles. The molecular formula is C16H25NO. The van der Waals surface area contributed by atoms with Crippen molar-refractivity contribution in [2.24, 2.45) is 0 Å². The molecule has 1 aliphatic heterocycles. The molecule has 0 saturated carbocycles. The van der Waals surface area contributed by atoms with E-state index >= 15 is 0 Å². The number of benzene rings is 1. The van der Waals surface area contributed by atoms with Crippen molar-refractivity contribution in [2.45, 2.75) is 44.9 Å². The van der Waals surface area contributed by atoms with Crippen molar-refractivity contribution in [2.75, 3.05) is 24.6 Å². The lowest BCUT2D eigenvalue weighted by atomic mass is 10.1. The third kappa shape index (κ3) is 3.74. The maximum atomic E-state index is 8.77. The van der Waals surface area contributed by atoms with Crippen LogP contribution in [0.2, 0.25) is 0 Å². The number of para-hydroxylation sites is 1. The van der Waals surface area contributed by atoms with Crippen LogP contribution in [0.1, 0.15) is 44.1 Å². The van der Waals surface area contributed by atoms with Gasteiger partial charge in [-0.25, -0.2) is 0 Å². The van der Waals surface area contributed by atoms with E-state index in [0.29, 0.717) is 6.61 Å². The second-order valence-corrected chi connectivity index (χ2v) is 5.21. The maximum Gasteiger partial charge on any atom is 0.0431 e. The van der Waals surface area contributed by atoms with Gasteiger partial charge in [0.15, 0.2) is 0 Å². The standard InChI is InChI=1S/C16H25NO/c18-14-8-2-1-6-12-17-13-7-5-10-15-9-3-4-11-16(15)17/h3-4,9,11,18H,1-2,5-8,10,12-14H2. The largest absolute Gasteiger partial charge is 0.396 e. The normalized spacial score (nSPS) is 15.3. The van der Waals surface area contributed by atoms with Crippen LogP contribution in [0.15, 0.2) is 24.3 Å². The molecule has 100 valence electrons. The molecule has 2 nitrogen and oxygen atoms in total. The van der Waals surface area contributed by atoms with E-state index < -0.39 is 0 Å². The molecule has 1 aromatic carbocycles. The minimum absolute atomic E-state index is 0.340. The van der Waals surface area contributed by atoms with Crippen LogP contribution >= 0.6 is 0 Å². The number of aryl methyl sites for hydroxylation is 1. The Labute approximate surface area is 111 Å². The zero-order valence-electron chi connectivity index (χ0n) is 11.3. The Morgan fingerprint density at radius 2 is 1.83 bits per heavy atom. The van der Waals surface area contributed by atoms with Gasteiger partial charge in [-0.3, -0.25) is 0 Å². The van der Waals surface area contributed by atoms with Crippen LogP contribution in [0.5, 0.6) is 0 Å². The van der Waals surface area contributed by atoms with E-state index in [1.165, 1.54) is 56.4 Å². The Morgan fingerprint density at radius 3 is 2.72 bits per heavy atom. The highest BCUT2D eigenvalue weighted by Gasteiger charge is 2.13. The first kappa shape index (κ1) is 13.4. The average molecular weight is 247 g/mol. The fourth-order valence-corrected chi connectivity index (χ4v) is 2.77. The quantitative estimate of drug-likeness (QED) is 0.779. The third-order valence-electron chi connectivity index (χ3n) is 3.79. The second kappa shape index (κ2) is 7.42. The number of nitrogens with zero attached hydrogens (tertiary/aromatic N) is 1. The van der Waals surface area contributed by atoms with Gasteiger partial charge in [0.25, 0.3) is 0 Å². The summed E-state index contributed by atoms with van der Waals surface area (Å²) >= 11 is 0. The Morgan fingerprint density at radius 1 is 1.00 bits per heavy atom. The number of anilines is 1. The minimum Gasteiger partial charge on any atom is -0.396 e. The van der Waals surface area contributed by atoms with Gasteiger partial charge in [0.1, 0.15) is 0 Å². The molecule has 1 N–H and O–H groups in total. The van der Waals surface area contributed by atoms with Crippen molar-refractivity contribution in [1.29, 1.82) is 0 Å². The van der Waals surface area contributed by atoms with Crippen molar-refractivity contribution in [1.82, 2.24) is 0 Å². The highest BCUT2D eigenvalue weighted by molar-refractivity contribution is 5.54. The first-order chi connectivity index (χ1) is 8.92. The number of unbranched alkanes of at least 4 members (excludes halogenated alkanes) is 3. The van der Waals surface area contributed by atoms with Gasteiger partial charge in [0.2, 0.25) is 0 Å². The van der Waals surface area contributed by atoms with Crippen molar-refractivity contribution in [3.05, 3.63) is 29.8 Å². The first-order valence-corrected chi connectivity index (χ1v) is 7.35. The summed E-state index contributed by atoms with van der Waals surface area (Å²) in [4.78, 5) is 2.56. The van der Waals surface area contributed by atoms with Gasteiger partial charge in [-0.2, -0.15) is 0 Å². The predicted octanol–water partition coefficient (Wildman–Crippen LogP) is 3.38. The minimum atomic E-state index is 0.340. The van der Waals surface area contributed by atoms with Crippen LogP contribution in [0.4, 0.5) is 5.69 Å². The molecule has 2 rings (SSSR count). The molecule has 18 heavy (non-hydrogen) atoms. The molecule has 0 amide bonds. The summed E-state index contributed by atoms with van der Waals surface area (Å²) in [7, 11) is 0. The summed E-state index contributed by atoms with van der Waals surface area (Å²) in [6.45, 7) is 2.71. The topological polar surface area (TPSA) is 23.5 Å². The van der Waals surface area contributed by atoms with E-state index in [1.807, 2.05) is 0 Å². The van der Waals surface area contributed by atoms with Gasteiger partial charge in [-0.1, -0.05) is 31.0 Å². The van der Waals surface area contributed by atoms with Crippen LogP contribution in [-0.2, 0) is 6.42 Å². The van der Waals surface area contributed by atoms with E-state index in [-0.39, 0.29) is 0 Å². The highest BCUT2D eigenvalue weighted by atomic mass is 16.2. The van der Waals surface area contributed by atoms with Crippen LogP contribution in [0.25, 0.3) is 0 Å². The molecule has 0 unspecified atom stereocenters. The van der Waals surface area contributed by atoms with Crippen LogP contribution < -0.4 is 4.90 Å². The van der Waals surface area contributed by atoms with Crippen molar-refractivity contribution in [3.8, 4) is 0 Å². The van der Waals surface area contributed by atoms with Gasteiger partial charge < -0.3 is 10.0 Å². The van der Waals surface area contributed by atoms with E-state index in [9.17, 15) is 0 Å². The molecule has 0 spiro atoms. The zero-order chi connectivity index (χ0) is 12.6. The fraction of sp³-hybridized carbons (Fsp3) is 0.625. The maximum absolute atomic E-state index is 8.77. The molecule has 0 atom stereocenters. The molecule has 2 heteroatoms. The first-order valence-electron chi connectivity index (χ1n) is 7.35. The lowest BCUT2D eigenvalue weighted by molar-refractivity contribution is 0.282. The van der Waals surface area contributed by atoms with E-state index in [1.54, 1.807) is 0 Å². The number of hydrogen-bond acceptors (Lipinski definition) is 2. The van der Waals surface area contributed by atoms with Gasteiger partial charge in [0, 0.05) is 25.4 Å². The van der Waals surface area contributed by atoms with Gasteiger partial charge >= 0.3 is 0 Å². The lowest BCUT2D eigenvalue weighted by Crippen LogP contribution is -2.25. The second-order valence-electron chi connectivity index (χ2n) is 5.21. The predicted molar refractivity (Wildman–Crippen MR) is 77.1 cm³/mol. The number of aliphatic hydroxyl groups excluding tert-OH is 1. The summed E-state index contributed by atoms with van der Waals surface area (Å²) in [6.07, 6.45) is 8.46. The zero-order valence-corrected chi connectivity index (χ0v) is 11.3. The van der Waals surface area contributed by atoms with Crippen molar-refractivity contribution >= 4 is 5.69 Å². The fourth-order valence-electron chi connectivity index (χ4n) is 2.77. The molecule has 1 aliphatic rings.